The van der Waals surface area contributed by atoms with Crippen LogP contribution in [0.4, 0.5) is 0 Å². The van der Waals surface area contributed by atoms with Crippen LogP contribution in [0, 0.1) is 0 Å². The van der Waals surface area contributed by atoms with Crippen LogP contribution in [-0.4, -0.2) is 13.2 Å². The van der Waals surface area contributed by atoms with E-state index in [9.17, 15) is 0 Å². The third-order valence-electron chi connectivity index (χ3n) is 3.52. The van der Waals surface area contributed by atoms with Gasteiger partial charge in [0, 0.05) is 12.0 Å². The van der Waals surface area contributed by atoms with Crippen molar-refractivity contribution in [2.75, 3.05) is 7.11 Å². The smallest absolute Gasteiger partial charge is 0.118 e. The molecule has 1 aliphatic carbocycles. The highest BCUT2D eigenvalue weighted by Gasteiger charge is 2.25. The molecule has 0 aromatic heterocycles. The molecular weight excluding hydrogens is 200 g/mol. The van der Waals surface area contributed by atoms with Gasteiger partial charge in [-0.1, -0.05) is 25.0 Å². The molecule has 0 heterocycles. The molecule has 0 spiro atoms. The molecule has 3 heteroatoms. The molecular formula is C13H20N2O. The third kappa shape index (κ3) is 2.36. The molecule has 1 fully saturated rings. The minimum absolute atomic E-state index is 0.419. The minimum atomic E-state index is 0.419. The SMILES string of the molecule is COc1ccc(C2CCCCC2NN)cc1. The van der Waals surface area contributed by atoms with Gasteiger partial charge in [-0.05, 0) is 30.5 Å². The highest BCUT2D eigenvalue weighted by atomic mass is 16.5. The summed E-state index contributed by atoms with van der Waals surface area (Å²) in [7, 11) is 1.69. The van der Waals surface area contributed by atoms with Gasteiger partial charge in [-0.3, -0.25) is 11.3 Å². The van der Waals surface area contributed by atoms with Gasteiger partial charge in [0.2, 0.25) is 0 Å². The molecule has 16 heavy (non-hydrogen) atoms. The van der Waals surface area contributed by atoms with E-state index in [1.54, 1.807) is 7.11 Å². The Morgan fingerprint density at radius 1 is 1.19 bits per heavy atom. The highest BCUT2D eigenvalue weighted by molar-refractivity contribution is 5.30. The highest BCUT2D eigenvalue weighted by Crippen LogP contribution is 2.33. The average Bonchev–Trinajstić information content (AvgIpc) is 2.39. The molecule has 2 atom stereocenters. The van der Waals surface area contributed by atoms with E-state index in [1.165, 1.54) is 31.2 Å². The van der Waals surface area contributed by atoms with Gasteiger partial charge >= 0.3 is 0 Å². The van der Waals surface area contributed by atoms with Crippen molar-refractivity contribution in [2.45, 2.75) is 37.6 Å². The summed E-state index contributed by atoms with van der Waals surface area (Å²) >= 11 is 0. The lowest BCUT2D eigenvalue weighted by Gasteiger charge is -2.31. The van der Waals surface area contributed by atoms with Gasteiger partial charge < -0.3 is 4.74 Å². The normalized spacial score (nSPS) is 25.4. The monoisotopic (exact) mass is 220 g/mol. The number of hydrazine groups is 1. The lowest BCUT2D eigenvalue weighted by molar-refractivity contribution is 0.331. The molecule has 0 aliphatic heterocycles. The van der Waals surface area contributed by atoms with Crippen molar-refractivity contribution in [1.82, 2.24) is 5.43 Å². The van der Waals surface area contributed by atoms with Crippen molar-refractivity contribution in [1.29, 1.82) is 0 Å². The fourth-order valence-corrected chi connectivity index (χ4v) is 2.58. The van der Waals surface area contributed by atoms with Gasteiger partial charge in [0.25, 0.3) is 0 Å². The summed E-state index contributed by atoms with van der Waals surface area (Å²) in [6.45, 7) is 0. The lowest BCUT2D eigenvalue weighted by atomic mass is 9.80. The summed E-state index contributed by atoms with van der Waals surface area (Å²) < 4.78 is 5.17. The van der Waals surface area contributed by atoms with Crippen LogP contribution in [0.5, 0.6) is 5.75 Å². The molecule has 0 bridgehead atoms. The Hall–Kier alpha value is -1.06. The fourth-order valence-electron chi connectivity index (χ4n) is 2.58. The Bertz CT molecular complexity index is 323. The zero-order valence-corrected chi connectivity index (χ0v) is 9.78. The van der Waals surface area contributed by atoms with Crippen molar-refractivity contribution < 1.29 is 4.74 Å². The minimum Gasteiger partial charge on any atom is -0.497 e. The first-order valence-corrected chi connectivity index (χ1v) is 5.95. The summed E-state index contributed by atoms with van der Waals surface area (Å²) in [6, 6.07) is 8.77. The Morgan fingerprint density at radius 2 is 1.88 bits per heavy atom. The number of benzene rings is 1. The van der Waals surface area contributed by atoms with Gasteiger partial charge in [-0.15, -0.1) is 0 Å². The van der Waals surface area contributed by atoms with E-state index in [0.29, 0.717) is 12.0 Å². The van der Waals surface area contributed by atoms with E-state index in [4.69, 9.17) is 10.6 Å². The van der Waals surface area contributed by atoms with Crippen LogP contribution < -0.4 is 16.0 Å². The van der Waals surface area contributed by atoms with Gasteiger partial charge in [0.05, 0.1) is 7.11 Å². The van der Waals surface area contributed by atoms with E-state index in [2.05, 4.69) is 17.6 Å². The quantitative estimate of drug-likeness (QED) is 0.606. The molecule has 1 aromatic carbocycles. The van der Waals surface area contributed by atoms with E-state index in [1.807, 2.05) is 12.1 Å². The molecule has 0 saturated heterocycles. The first-order chi connectivity index (χ1) is 7.85. The van der Waals surface area contributed by atoms with Gasteiger partial charge in [0.15, 0.2) is 0 Å². The van der Waals surface area contributed by atoms with Crippen LogP contribution in [-0.2, 0) is 0 Å². The maximum atomic E-state index is 5.61. The van der Waals surface area contributed by atoms with Crippen molar-refractivity contribution >= 4 is 0 Å². The molecule has 3 nitrogen and oxygen atoms in total. The molecule has 0 amide bonds. The Morgan fingerprint density at radius 3 is 2.50 bits per heavy atom. The van der Waals surface area contributed by atoms with Crippen molar-refractivity contribution in [3.8, 4) is 5.75 Å². The second-order valence-electron chi connectivity index (χ2n) is 4.44. The first-order valence-electron chi connectivity index (χ1n) is 5.95. The van der Waals surface area contributed by atoms with E-state index in [0.717, 1.165) is 5.75 Å². The van der Waals surface area contributed by atoms with Crippen LogP contribution in [0.3, 0.4) is 0 Å². The number of hydrogen-bond donors (Lipinski definition) is 2. The van der Waals surface area contributed by atoms with E-state index < -0.39 is 0 Å². The summed E-state index contributed by atoms with van der Waals surface area (Å²) in [4.78, 5) is 0. The lowest BCUT2D eigenvalue weighted by Crippen LogP contribution is -2.41. The second kappa shape index (κ2) is 5.32. The first kappa shape index (κ1) is 11.4. The van der Waals surface area contributed by atoms with Crippen LogP contribution in [0.2, 0.25) is 0 Å². The molecule has 2 unspecified atom stereocenters. The van der Waals surface area contributed by atoms with E-state index in [-0.39, 0.29) is 0 Å². The average molecular weight is 220 g/mol. The molecule has 88 valence electrons. The van der Waals surface area contributed by atoms with Gasteiger partial charge in [0.1, 0.15) is 5.75 Å². The molecule has 2 rings (SSSR count). The largest absolute Gasteiger partial charge is 0.497 e. The van der Waals surface area contributed by atoms with Crippen LogP contribution in [0.1, 0.15) is 37.2 Å². The third-order valence-corrected chi connectivity index (χ3v) is 3.52. The van der Waals surface area contributed by atoms with Crippen LogP contribution in [0.15, 0.2) is 24.3 Å². The van der Waals surface area contributed by atoms with Crippen LogP contribution >= 0.6 is 0 Å². The Balaban J connectivity index is 2.14. The van der Waals surface area contributed by atoms with Crippen molar-refractivity contribution in [3.05, 3.63) is 29.8 Å². The Kier molecular flexibility index (Phi) is 3.80. The fraction of sp³-hybridized carbons (Fsp3) is 0.538. The molecule has 0 radical (unpaired) electrons. The number of hydrogen-bond acceptors (Lipinski definition) is 3. The van der Waals surface area contributed by atoms with Crippen molar-refractivity contribution in [2.24, 2.45) is 5.84 Å². The summed E-state index contributed by atoms with van der Waals surface area (Å²) in [5.74, 6) is 7.07. The summed E-state index contributed by atoms with van der Waals surface area (Å²) in [5, 5.41) is 0. The predicted octanol–water partition coefficient (Wildman–Crippen LogP) is 2.18. The zero-order chi connectivity index (χ0) is 11.4. The maximum Gasteiger partial charge on any atom is 0.118 e. The summed E-state index contributed by atoms with van der Waals surface area (Å²) in [5.41, 5.74) is 4.31. The second-order valence-corrected chi connectivity index (χ2v) is 4.44. The predicted molar refractivity (Wildman–Crippen MR) is 65.3 cm³/mol. The van der Waals surface area contributed by atoms with E-state index >= 15 is 0 Å². The number of rotatable bonds is 3. The number of methoxy groups -OCH3 is 1. The number of nitrogens with two attached hydrogens (primary N) is 1. The summed E-state index contributed by atoms with van der Waals surface area (Å²) in [6.07, 6.45) is 4.98. The van der Waals surface area contributed by atoms with Gasteiger partial charge in [-0.2, -0.15) is 0 Å². The molecule has 1 aliphatic rings. The molecule has 1 saturated carbocycles. The maximum absolute atomic E-state index is 5.61. The Labute approximate surface area is 97.0 Å². The molecule has 1 aromatic rings. The molecule has 3 N–H and O–H groups in total. The van der Waals surface area contributed by atoms with Crippen molar-refractivity contribution in [3.63, 3.8) is 0 Å². The number of ether oxygens (including phenoxy) is 1. The van der Waals surface area contributed by atoms with Crippen LogP contribution in [0.25, 0.3) is 0 Å². The standard InChI is InChI=1S/C13H20N2O/c1-16-11-8-6-10(7-9-11)12-4-2-3-5-13(12)15-14/h6-9,12-13,15H,2-5,14H2,1H3. The topological polar surface area (TPSA) is 47.3 Å². The van der Waals surface area contributed by atoms with Gasteiger partial charge in [-0.25, -0.2) is 0 Å². The number of nitrogens with one attached hydrogen (secondary N) is 1. The zero-order valence-electron chi connectivity index (χ0n) is 9.78.